The van der Waals surface area contributed by atoms with Crippen LogP contribution < -0.4 is 11.1 Å². The van der Waals surface area contributed by atoms with Crippen LogP contribution in [0.1, 0.15) is 5.89 Å². The molecule has 3 N–H and O–H groups in total. The first-order chi connectivity index (χ1) is 7.75. The van der Waals surface area contributed by atoms with Crippen LogP contribution in [-0.2, 0) is 6.42 Å². The van der Waals surface area contributed by atoms with Crippen molar-refractivity contribution < 1.29 is 4.52 Å². The van der Waals surface area contributed by atoms with Crippen LogP contribution in [0, 0.1) is 0 Å². The Balaban J connectivity index is 1.92. The lowest BCUT2D eigenvalue weighted by Crippen LogP contribution is -2.08. The molecule has 2 rings (SSSR count). The summed E-state index contributed by atoms with van der Waals surface area (Å²) < 4.78 is 4.83. The van der Waals surface area contributed by atoms with Gasteiger partial charge in [0, 0.05) is 13.0 Å². The first-order valence-electron chi connectivity index (χ1n) is 4.53. The SMILES string of the molecule is Nc1ncc(Cl)c(NCCc2ncno2)n1. The molecular weight excluding hydrogens is 232 g/mol. The lowest BCUT2D eigenvalue weighted by molar-refractivity contribution is 0.379. The van der Waals surface area contributed by atoms with Crippen LogP contribution in [0.3, 0.4) is 0 Å². The Hall–Kier alpha value is -1.89. The Morgan fingerprint density at radius 3 is 3.06 bits per heavy atom. The summed E-state index contributed by atoms with van der Waals surface area (Å²) in [5.41, 5.74) is 5.43. The second-order valence-corrected chi connectivity index (χ2v) is 3.34. The third kappa shape index (κ3) is 2.57. The van der Waals surface area contributed by atoms with Gasteiger partial charge in [0.05, 0.1) is 6.20 Å². The fourth-order valence-electron chi connectivity index (χ4n) is 1.10. The van der Waals surface area contributed by atoms with Gasteiger partial charge in [0.2, 0.25) is 11.8 Å². The van der Waals surface area contributed by atoms with Gasteiger partial charge in [0.15, 0.2) is 6.33 Å². The van der Waals surface area contributed by atoms with Crippen LogP contribution in [0.2, 0.25) is 5.02 Å². The van der Waals surface area contributed by atoms with E-state index < -0.39 is 0 Å². The van der Waals surface area contributed by atoms with Gasteiger partial charge < -0.3 is 15.6 Å². The van der Waals surface area contributed by atoms with E-state index in [1.165, 1.54) is 12.5 Å². The monoisotopic (exact) mass is 240 g/mol. The number of nitrogen functional groups attached to an aromatic ring is 1. The number of rotatable bonds is 4. The van der Waals surface area contributed by atoms with Crippen molar-refractivity contribution in [2.75, 3.05) is 17.6 Å². The normalized spacial score (nSPS) is 10.3. The number of nitrogens with zero attached hydrogens (tertiary/aromatic N) is 4. The quantitative estimate of drug-likeness (QED) is 0.813. The van der Waals surface area contributed by atoms with Crippen molar-refractivity contribution in [2.24, 2.45) is 0 Å². The van der Waals surface area contributed by atoms with Crippen molar-refractivity contribution in [3.63, 3.8) is 0 Å². The van der Waals surface area contributed by atoms with Crippen molar-refractivity contribution in [2.45, 2.75) is 6.42 Å². The first-order valence-corrected chi connectivity index (χ1v) is 4.91. The molecule has 0 aromatic carbocycles. The van der Waals surface area contributed by atoms with E-state index in [1.54, 1.807) is 0 Å². The van der Waals surface area contributed by atoms with E-state index in [1.807, 2.05) is 0 Å². The number of nitrogens with two attached hydrogens (primary N) is 1. The zero-order chi connectivity index (χ0) is 11.4. The molecule has 0 spiro atoms. The van der Waals surface area contributed by atoms with Crippen molar-refractivity contribution in [3.8, 4) is 0 Å². The minimum atomic E-state index is 0.171. The number of nitrogens with one attached hydrogen (secondary N) is 1. The van der Waals surface area contributed by atoms with Crippen LogP contribution in [0.4, 0.5) is 11.8 Å². The van der Waals surface area contributed by atoms with Gasteiger partial charge in [-0.25, -0.2) is 4.98 Å². The van der Waals surface area contributed by atoms with Gasteiger partial charge in [-0.3, -0.25) is 0 Å². The fraction of sp³-hybridized carbons (Fsp3) is 0.250. The van der Waals surface area contributed by atoms with E-state index in [-0.39, 0.29) is 5.95 Å². The maximum Gasteiger partial charge on any atom is 0.228 e. The van der Waals surface area contributed by atoms with Gasteiger partial charge in [0.25, 0.3) is 0 Å². The average Bonchev–Trinajstić information content (AvgIpc) is 2.76. The summed E-state index contributed by atoms with van der Waals surface area (Å²) in [7, 11) is 0. The predicted molar refractivity (Wildman–Crippen MR) is 57.9 cm³/mol. The van der Waals surface area contributed by atoms with Gasteiger partial charge in [0.1, 0.15) is 10.8 Å². The lowest BCUT2D eigenvalue weighted by Gasteiger charge is -2.05. The molecule has 2 aromatic rings. The molecule has 0 atom stereocenters. The Kier molecular flexibility index (Phi) is 3.16. The first kappa shape index (κ1) is 10.6. The van der Waals surface area contributed by atoms with E-state index in [0.29, 0.717) is 29.7 Å². The highest BCUT2D eigenvalue weighted by molar-refractivity contribution is 6.32. The molecular formula is C8H9ClN6O. The highest BCUT2D eigenvalue weighted by Crippen LogP contribution is 2.17. The molecule has 0 aliphatic rings. The Labute approximate surface area is 96.0 Å². The summed E-state index contributed by atoms with van der Waals surface area (Å²) in [5, 5.41) is 6.91. The van der Waals surface area contributed by atoms with Crippen molar-refractivity contribution in [1.82, 2.24) is 20.1 Å². The standard InChI is InChI=1S/C8H9ClN6O/c9-5-3-12-8(10)15-7(5)11-2-1-6-13-4-14-16-6/h3-4H,1-2H2,(H3,10,11,12,15). The number of aromatic nitrogens is 4. The average molecular weight is 241 g/mol. The van der Waals surface area contributed by atoms with Crippen LogP contribution in [-0.4, -0.2) is 26.7 Å². The molecule has 0 radical (unpaired) electrons. The Bertz CT molecular complexity index is 460. The van der Waals surface area contributed by atoms with Gasteiger partial charge in [-0.1, -0.05) is 16.8 Å². The molecule has 0 unspecified atom stereocenters. The fourth-order valence-corrected chi connectivity index (χ4v) is 1.26. The smallest absolute Gasteiger partial charge is 0.228 e. The molecule has 0 aliphatic heterocycles. The molecule has 2 aromatic heterocycles. The molecule has 0 saturated carbocycles. The minimum Gasteiger partial charge on any atom is -0.368 e. The predicted octanol–water partition coefficient (Wildman–Crippen LogP) is 0.750. The molecule has 0 fully saturated rings. The molecule has 16 heavy (non-hydrogen) atoms. The van der Waals surface area contributed by atoms with E-state index in [2.05, 4.69) is 25.4 Å². The highest BCUT2D eigenvalue weighted by Gasteiger charge is 2.04. The summed E-state index contributed by atoms with van der Waals surface area (Å²) in [4.78, 5) is 11.6. The summed E-state index contributed by atoms with van der Waals surface area (Å²) in [6.07, 6.45) is 3.38. The van der Waals surface area contributed by atoms with Crippen molar-refractivity contribution in [1.29, 1.82) is 0 Å². The third-order valence-electron chi connectivity index (χ3n) is 1.80. The molecule has 7 nitrogen and oxygen atoms in total. The molecule has 84 valence electrons. The van der Waals surface area contributed by atoms with E-state index in [9.17, 15) is 0 Å². The zero-order valence-corrected chi connectivity index (χ0v) is 8.98. The molecule has 2 heterocycles. The summed E-state index contributed by atoms with van der Waals surface area (Å²) in [6, 6.07) is 0. The number of hydrogen-bond donors (Lipinski definition) is 2. The van der Waals surface area contributed by atoms with Gasteiger partial charge in [-0.15, -0.1) is 0 Å². The molecule has 0 bridgehead atoms. The van der Waals surface area contributed by atoms with Crippen LogP contribution in [0.25, 0.3) is 0 Å². The van der Waals surface area contributed by atoms with Crippen molar-refractivity contribution in [3.05, 3.63) is 23.4 Å². The second-order valence-electron chi connectivity index (χ2n) is 2.94. The second kappa shape index (κ2) is 4.75. The zero-order valence-electron chi connectivity index (χ0n) is 8.22. The van der Waals surface area contributed by atoms with E-state index >= 15 is 0 Å². The van der Waals surface area contributed by atoms with E-state index in [4.69, 9.17) is 21.9 Å². The maximum atomic E-state index is 5.86. The Morgan fingerprint density at radius 2 is 2.31 bits per heavy atom. The summed E-state index contributed by atoms with van der Waals surface area (Å²) >= 11 is 5.86. The number of anilines is 2. The highest BCUT2D eigenvalue weighted by atomic mass is 35.5. The molecule has 0 amide bonds. The number of halogens is 1. The van der Waals surface area contributed by atoms with Gasteiger partial charge in [-0.05, 0) is 0 Å². The minimum absolute atomic E-state index is 0.171. The van der Waals surface area contributed by atoms with Crippen LogP contribution in [0.5, 0.6) is 0 Å². The van der Waals surface area contributed by atoms with Crippen LogP contribution in [0.15, 0.2) is 17.0 Å². The summed E-state index contributed by atoms with van der Waals surface area (Å²) in [5.74, 6) is 1.21. The molecule has 0 aliphatic carbocycles. The third-order valence-corrected chi connectivity index (χ3v) is 2.08. The van der Waals surface area contributed by atoms with E-state index in [0.717, 1.165) is 0 Å². The molecule has 8 heteroatoms. The lowest BCUT2D eigenvalue weighted by atomic mass is 10.4. The molecule has 0 saturated heterocycles. The van der Waals surface area contributed by atoms with Gasteiger partial charge in [-0.2, -0.15) is 9.97 Å². The Morgan fingerprint density at radius 1 is 1.44 bits per heavy atom. The maximum absolute atomic E-state index is 5.86. The largest absolute Gasteiger partial charge is 0.368 e. The van der Waals surface area contributed by atoms with Gasteiger partial charge >= 0.3 is 0 Å². The van der Waals surface area contributed by atoms with Crippen molar-refractivity contribution >= 4 is 23.4 Å². The summed E-state index contributed by atoms with van der Waals surface area (Å²) in [6.45, 7) is 0.568. The topological polar surface area (TPSA) is 103 Å². The number of hydrogen-bond acceptors (Lipinski definition) is 7. The van der Waals surface area contributed by atoms with Crippen LogP contribution >= 0.6 is 11.6 Å².